The third-order valence-electron chi connectivity index (χ3n) is 12.2. The predicted molar refractivity (Wildman–Crippen MR) is 366 cm³/mol. The van der Waals surface area contributed by atoms with Gasteiger partial charge in [0.1, 0.15) is 0 Å². The molecule has 4 N–H and O–H groups in total. The van der Waals surface area contributed by atoms with Gasteiger partial charge < -0.3 is 48.0 Å². The second kappa shape index (κ2) is 83.2. The third-order valence-corrected chi connectivity index (χ3v) is 13.8. The van der Waals surface area contributed by atoms with Gasteiger partial charge in [0.25, 0.3) is 0 Å². The molecule has 27 heteroatoms. The van der Waals surface area contributed by atoms with Crippen LogP contribution < -0.4 is 15.5 Å². The van der Waals surface area contributed by atoms with Crippen LogP contribution in [0.5, 0.6) is 0 Å². The molecule has 0 spiro atoms. The van der Waals surface area contributed by atoms with Crippen molar-refractivity contribution >= 4 is 41.6 Å². The Hall–Kier alpha value is -0.800. The van der Waals surface area contributed by atoms with E-state index in [2.05, 4.69) is 86.5 Å². The lowest BCUT2D eigenvalue weighted by Crippen LogP contribution is -3.09. The van der Waals surface area contributed by atoms with Crippen molar-refractivity contribution in [1.29, 1.82) is 0 Å². The van der Waals surface area contributed by atoms with E-state index < -0.39 is 41.6 Å². The highest BCUT2D eigenvalue weighted by molar-refractivity contribution is 7.81. The van der Waals surface area contributed by atoms with Crippen LogP contribution in [0.4, 0.5) is 0 Å². The topological polar surface area (TPSA) is 298 Å². The molecule has 544 valence electrons. The number of piperidine rings is 7. The van der Waals surface area contributed by atoms with Crippen LogP contribution in [-0.4, -0.2) is 240 Å². The van der Waals surface area contributed by atoms with Gasteiger partial charge in [0.05, 0.1) is 103 Å². The summed E-state index contributed by atoms with van der Waals surface area (Å²) in [5.41, 5.74) is 0. The van der Waals surface area contributed by atoms with Crippen LogP contribution in [0.25, 0.3) is 0 Å². The molecule has 7 rings (SSSR count). The molecule has 23 nitrogen and oxygen atoms in total. The minimum atomic E-state index is -4.41. The number of likely N-dealkylation sites (tertiary alicyclic amines) is 5. The minimum Gasteiger partial charge on any atom is -0.726 e. The molecule has 0 aromatic heterocycles. The highest BCUT2D eigenvalue weighted by atomic mass is 32.3. The fraction of sp³-hybridized carbons (Fsp3) is 1.00. The van der Waals surface area contributed by atoms with Crippen LogP contribution in [0.15, 0.2) is 0 Å². The van der Waals surface area contributed by atoms with Gasteiger partial charge in [0.15, 0.2) is 0 Å². The van der Waals surface area contributed by atoms with Crippen molar-refractivity contribution in [2.75, 3.05) is 169 Å². The average Bonchev–Trinajstić information content (AvgIpc) is 3.61. The molecule has 0 aromatic carbocycles. The number of rotatable bonds is 4. The zero-order valence-electron chi connectivity index (χ0n) is 61.2. The zero-order valence-corrected chi connectivity index (χ0v) is 64.5. The summed E-state index contributed by atoms with van der Waals surface area (Å²) >= 11 is 0. The first kappa shape index (κ1) is 111. The highest BCUT2D eigenvalue weighted by Crippen LogP contribution is 2.13. The normalized spacial score (nSPS) is 18.2. The fourth-order valence-corrected chi connectivity index (χ4v) is 7.60. The van der Waals surface area contributed by atoms with Crippen molar-refractivity contribution in [1.82, 2.24) is 20.4 Å². The van der Waals surface area contributed by atoms with Crippen LogP contribution in [0, 0.1) is 0 Å². The number of hydrogen-bond acceptors (Lipinski definition) is 19. The smallest absolute Gasteiger partial charge is 0.397 e. The Labute approximate surface area is 542 Å². The number of nitrogens with one attached hydrogen (secondary N) is 3. The van der Waals surface area contributed by atoms with E-state index in [-0.39, 0.29) is 0 Å². The highest BCUT2D eigenvalue weighted by Gasteiger charge is 2.18. The van der Waals surface area contributed by atoms with Gasteiger partial charge in [-0.2, -0.15) is 8.42 Å². The van der Waals surface area contributed by atoms with E-state index in [1.165, 1.54) is 235 Å². The third kappa shape index (κ3) is 131. The van der Waals surface area contributed by atoms with Gasteiger partial charge in [-0.3, -0.25) is 21.3 Å². The molecular formula is C60H149N7O16S4. The van der Waals surface area contributed by atoms with Gasteiger partial charge in [0, 0.05) is 0 Å². The summed E-state index contributed by atoms with van der Waals surface area (Å²) in [6.45, 7) is 46.6. The van der Waals surface area contributed by atoms with Crippen molar-refractivity contribution in [2.45, 2.75) is 232 Å². The van der Waals surface area contributed by atoms with E-state index >= 15 is 0 Å². The maximum Gasteiger partial charge on any atom is 0.397 e. The molecule has 0 aromatic rings. The summed E-state index contributed by atoms with van der Waals surface area (Å²) < 4.78 is 125. The first-order valence-corrected chi connectivity index (χ1v) is 38.5. The second-order valence-electron chi connectivity index (χ2n) is 20.1. The quantitative estimate of drug-likeness (QED) is 0.116. The van der Waals surface area contributed by atoms with Gasteiger partial charge in [0.2, 0.25) is 31.2 Å². The maximum atomic E-state index is 9.33. The molecule has 7 aliphatic rings. The molecule has 7 heterocycles. The molecule has 0 radical (unpaired) electrons. The van der Waals surface area contributed by atoms with Crippen LogP contribution in [0.2, 0.25) is 0 Å². The van der Waals surface area contributed by atoms with Gasteiger partial charge in [-0.25, -0.2) is 25.3 Å². The van der Waals surface area contributed by atoms with Crippen molar-refractivity contribution in [2.24, 2.45) is 0 Å². The van der Waals surface area contributed by atoms with Crippen LogP contribution in [-0.2, 0) is 58.3 Å². The van der Waals surface area contributed by atoms with Crippen molar-refractivity contribution in [3.8, 4) is 0 Å². The summed E-state index contributed by atoms with van der Waals surface area (Å²) in [5, 5.41) is 6.57. The van der Waals surface area contributed by atoms with Gasteiger partial charge >= 0.3 is 10.4 Å². The zero-order chi connectivity index (χ0) is 70.7. The molecule has 0 atom stereocenters. The van der Waals surface area contributed by atoms with Crippen molar-refractivity contribution in [3.05, 3.63) is 0 Å². The minimum absolute atomic E-state index is 0.808. The largest absolute Gasteiger partial charge is 0.726 e. The lowest BCUT2D eigenvalue weighted by molar-refractivity contribution is -0.894. The molecular weight excluding hydrogens is 1200 g/mol. The number of quaternary nitrogens is 3. The van der Waals surface area contributed by atoms with Crippen LogP contribution in [0.1, 0.15) is 232 Å². The Morgan fingerprint density at radius 1 is 0.356 bits per heavy atom. The van der Waals surface area contributed by atoms with Gasteiger partial charge in [-0.05, 0) is 176 Å². The van der Waals surface area contributed by atoms with Gasteiger partial charge in [-0.15, -0.1) is 0 Å². The molecule has 0 amide bonds. The number of nitrogens with zero attached hydrogens (tertiary/aromatic N) is 4. The lowest BCUT2D eigenvalue weighted by Gasteiger charge is -2.33. The second-order valence-corrected chi connectivity index (χ2v) is 24.7. The molecule has 87 heavy (non-hydrogen) atoms. The Bertz CT molecular complexity index is 1430. The SMILES string of the molecule is C1CCNCC1.C1CCNCC1.CC.CC.CC.CC.CC.CC.CC.CN1CCCCC1.CN1CCCCC1.COS(=O)(=O)O.COS(=O)(=O)[O-].COS(=O)(=O)[O-].COS(=O)(=O)[O-].C[N+]1(C)CCCCC1.C[N+]1(C)CCCCC1.C[NH+]1CCCCC1. The summed E-state index contributed by atoms with van der Waals surface area (Å²) in [6, 6.07) is 0. The van der Waals surface area contributed by atoms with E-state index in [9.17, 15) is 47.3 Å². The molecule has 0 aliphatic carbocycles. The summed E-state index contributed by atoms with van der Waals surface area (Å²) in [5.74, 6) is 0. The Balaban J connectivity index is -0.0000000796. The van der Waals surface area contributed by atoms with Crippen molar-refractivity contribution < 1.29 is 82.5 Å². The van der Waals surface area contributed by atoms with E-state index in [0.29, 0.717) is 0 Å². The molecule has 0 saturated carbocycles. The molecule has 7 fully saturated rings. The van der Waals surface area contributed by atoms with E-state index in [1.54, 1.807) is 4.90 Å². The standard InChI is InChI=1S/2C7H16N.3C6H13N.2C5H11N.7C2H6.4CH4O4S/c2*1-8(2)6-4-3-5-7-8;3*1-7-5-3-2-4-6-7;2*1-2-4-6-5-3-1;7*1-2;4*1-5-6(2,3)4/h2*3-7H2,1-2H3;3*2-6H2,1H3;2*6H,1-5H2;7*1-2H3;4*1H3,(H,2,3,4)/q2*+1;;;;;;;;;;;;;;;;/p-2. The first-order valence-electron chi connectivity index (χ1n) is 33.1. The van der Waals surface area contributed by atoms with E-state index in [1.807, 2.05) is 96.9 Å². The molecule has 7 aliphatic heterocycles. The van der Waals surface area contributed by atoms with E-state index in [0.717, 1.165) is 28.4 Å². The first-order chi connectivity index (χ1) is 40.8. The van der Waals surface area contributed by atoms with Crippen LogP contribution in [0.3, 0.4) is 0 Å². The Kier molecular flexibility index (Phi) is 106. The Morgan fingerprint density at radius 3 is 0.609 bits per heavy atom. The fourth-order valence-electron chi connectivity index (χ4n) is 7.60. The monoisotopic (exact) mass is 1350 g/mol. The number of hydrogen-bond donors (Lipinski definition) is 4. The summed E-state index contributed by atoms with van der Waals surface area (Å²) in [4.78, 5) is 6.50. The Morgan fingerprint density at radius 2 is 0.529 bits per heavy atom. The molecule has 0 unspecified atom stereocenters. The summed E-state index contributed by atoms with van der Waals surface area (Å²) in [6.07, 6.45) is 30.0. The summed E-state index contributed by atoms with van der Waals surface area (Å²) in [7, 11) is 1.83. The van der Waals surface area contributed by atoms with Crippen molar-refractivity contribution in [3.63, 3.8) is 0 Å². The maximum absolute atomic E-state index is 9.33. The predicted octanol–water partition coefficient (Wildman–Crippen LogP) is 9.80. The van der Waals surface area contributed by atoms with E-state index in [4.69, 9.17) is 4.55 Å². The average molecular weight is 1350 g/mol. The molecule has 7 saturated heterocycles. The molecule has 0 bridgehead atoms. The lowest BCUT2D eigenvalue weighted by atomic mass is 10.1. The van der Waals surface area contributed by atoms with Crippen LogP contribution >= 0.6 is 0 Å². The van der Waals surface area contributed by atoms with Gasteiger partial charge in [-0.1, -0.05) is 123 Å².